The second-order valence-corrected chi connectivity index (χ2v) is 5.11. The Balaban J connectivity index is 1.91. The summed E-state index contributed by atoms with van der Waals surface area (Å²) in [4.78, 5) is 16.4. The smallest absolute Gasteiger partial charge is 0.337 e. The number of halogens is 1. The lowest BCUT2D eigenvalue weighted by Crippen LogP contribution is -2.09. The number of aromatic amines is 1. The molecule has 0 saturated carbocycles. The number of nitrogens with zero attached hydrogens (tertiary/aromatic N) is 2. The quantitative estimate of drug-likeness (QED) is 0.831. The van der Waals surface area contributed by atoms with Crippen LogP contribution in [0.15, 0.2) is 18.2 Å². The van der Waals surface area contributed by atoms with Crippen molar-refractivity contribution in [2.75, 3.05) is 11.9 Å². The van der Waals surface area contributed by atoms with Crippen molar-refractivity contribution in [3.63, 3.8) is 0 Å². The minimum Gasteiger partial charge on any atom is -0.463 e. The molecule has 2 aromatic rings. The highest BCUT2D eigenvalue weighted by molar-refractivity contribution is 7.17. The van der Waals surface area contributed by atoms with Crippen LogP contribution in [-0.2, 0) is 4.79 Å². The highest BCUT2D eigenvalue weighted by atomic mass is 35.5. The molecule has 0 spiro atoms. The van der Waals surface area contributed by atoms with Crippen LogP contribution in [0.5, 0.6) is 6.01 Å². The van der Waals surface area contributed by atoms with Crippen molar-refractivity contribution in [1.29, 1.82) is 0 Å². The number of hydrogen-bond acceptors (Lipinski definition) is 5. The van der Waals surface area contributed by atoms with Crippen LogP contribution in [0.2, 0.25) is 4.34 Å². The predicted molar refractivity (Wildman–Crippen MR) is 74.5 cm³/mol. The molecule has 100 valence electrons. The standard InChI is InChI=1S/C11H11ClN4O2S/c1-2-18-11-14-10(15-16-11)13-9(17)6-4-7-3-5-8(12)19-7/h3-6H,2H2,1H3,(H2,13,14,15,16,17)/b6-4+. The molecule has 0 aliphatic rings. The Kier molecular flexibility index (Phi) is 4.53. The van der Waals surface area contributed by atoms with Crippen molar-refractivity contribution in [2.24, 2.45) is 0 Å². The maximum absolute atomic E-state index is 11.6. The number of amides is 1. The largest absolute Gasteiger partial charge is 0.463 e. The number of ether oxygens (including phenoxy) is 1. The molecule has 0 bridgehead atoms. The monoisotopic (exact) mass is 298 g/mol. The highest BCUT2D eigenvalue weighted by Gasteiger charge is 2.05. The van der Waals surface area contributed by atoms with E-state index in [2.05, 4.69) is 20.5 Å². The molecular formula is C11H11ClN4O2S. The van der Waals surface area contributed by atoms with Crippen molar-refractivity contribution in [2.45, 2.75) is 6.92 Å². The summed E-state index contributed by atoms with van der Waals surface area (Å²) in [6.45, 7) is 2.29. The molecule has 6 nitrogen and oxygen atoms in total. The second kappa shape index (κ2) is 6.35. The lowest BCUT2D eigenvalue weighted by molar-refractivity contribution is -0.111. The summed E-state index contributed by atoms with van der Waals surface area (Å²) >= 11 is 7.17. The molecular weight excluding hydrogens is 288 g/mol. The van der Waals surface area contributed by atoms with Crippen LogP contribution < -0.4 is 10.1 Å². The molecule has 2 rings (SSSR count). The first-order chi connectivity index (χ1) is 9.17. The van der Waals surface area contributed by atoms with Gasteiger partial charge in [-0.05, 0) is 25.1 Å². The summed E-state index contributed by atoms with van der Waals surface area (Å²) in [5.74, 6) is -0.0777. The van der Waals surface area contributed by atoms with E-state index >= 15 is 0 Å². The van der Waals surface area contributed by atoms with E-state index in [-0.39, 0.29) is 17.9 Å². The molecule has 0 aliphatic heterocycles. The van der Waals surface area contributed by atoms with E-state index < -0.39 is 0 Å². The number of carbonyl (C=O) groups is 1. The van der Waals surface area contributed by atoms with E-state index in [0.717, 1.165) is 4.88 Å². The molecule has 1 amide bonds. The van der Waals surface area contributed by atoms with E-state index in [4.69, 9.17) is 16.3 Å². The summed E-state index contributed by atoms with van der Waals surface area (Å²) in [6.07, 6.45) is 3.07. The third kappa shape index (κ3) is 4.08. The molecule has 2 aromatic heterocycles. The Morgan fingerprint density at radius 1 is 1.63 bits per heavy atom. The van der Waals surface area contributed by atoms with Crippen molar-refractivity contribution < 1.29 is 9.53 Å². The van der Waals surface area contributed by atoms with Gasteiger partial charge in [-0.2, -0.15) is 4.98 Å². The van der Waals surface area contributed by atoms with E-state index in [0.29, 0.717) is 10.9 Å². The third-order valence-electron chi connectivity index (χ3n) is 1.97. The Labute approximate surface area is 118 Å². The molecule has 0 fully saturated rings. The fourth-order valence-electron chi connectivity index (χ4n) is 1.23. The minimum atomic E-state index is -0.316. The van der Waals surface area contributed by atoms with Gasteiger partial charge >= 0.3 is 6.01 Å². The third-order valence-corrected chi connectivity index (χ3v) is 3.17. The van der Waals surface area contributed by atoms with Crippen molar-refractivity contribution in [3.05, 3.63) is 27.4 Å². The van der Waals surface area contributed by atoms with Gasteiger partial charge in [-0.25, -0.2) is 5.10 Å². The van der Waals surface area contributed by atoms with Gasteiger partial charge in [-0.15, -0.1) is 16.4 Å². The number of H-pyrrole nitrogens is 1. The topological polar surface area (TPSA) is 79.9 Å². The van der Waals surface area contributed by atoms with Gasteiger partial charge in [0.25, 0.3) is 5.91 Å². The second-order valence-electron chi connectivity index (χ2n) is 3.36. The molecule has 0 unspecified atom stereocenters. The number of hydrogen-bond donors (Lipinski definition) is 2. The fraction of sp³-hybridized carbons (Fsp3) is 0.182. The molecule has 2 heterocycles. The molecule has 0 aromatic carbocycles. The Hall–Kier alpha value is -1.86. The molecule has 0 aliphatic carbocycles. The fourth-order valence-corrected chi connectivity index (χ4v) is 2.19. The Bertz CT molecular complexity index is 593. The van der Waals surface area contributed by atoms with Crippen LogP contribution in [0, 0.1) is 0 Å². The minimum absolute atomic E-state index is 0.201. The SMILES string of the molecule is CCOc1n[nH]c(NC(=O)/C=C/c2ccc(Cl)s2)n1. The lowest BCUT2D eigenvalue weighted by Gasteiger charge is -1.94. The zero-order valence-corrected chi connectivity index (χ0v) is 11.6. The first-order valence-electron chi connectivity index (χ1n) is 5.47. The first kappa shape index (κ1) is 13.6. The van der Waals surface area contributed by atoms with Crippen molar-refractivity contribution >= 4 is 40.9 Å². The summed E-state index contributed by atoms with van der Waals surface area (Å²) in [6, 6.07) is 3.80. The highest BCUT2D eigenvalue weighted by Crippen LogP contribution is 2.22. The van der Waals surface area contributed by atoms with Crippen LogP contribution in [0.1, 0.15) is 11.8 Å². The van der Waals surface area contributed by atoms with Gasteiger partial charge in [0.1, 0.15) is 0 Å². The van der Waals surface area contributed by atoms with Gasteiger partial charge in [0.05, 0.1) is 10.9 Å². The molecule has 0 saturated heterocycles. The number of rotatable bonds is 5. The van der Waals surface area contributed by atoms with Crippen LogP contribution in [0.25, 0.3) is 6.08 Å². The zero-order chi connectivity index (χ0) is 13.7. The van der Waals surface area contributed by atoms with E-state index in [1.165, 1.54) is 17.4 Å². The molecule has 8 heteroatoms. The molecule has 0 atom stereocenters. The maximum atomic E-state index is 11.6. The normalized spacial score (nSPS) is 10.8. The van der Waals surface area contributed by atoms with Crippen molar-refractivity contribution in [3.8, 4) is 6.01 Å². The van der Waals surface area contributed by atoms with E-state index in [9.17, 15) is 4.79 Å². The number of nitrogens with one attached hydrogen (secondary N) is 2. The zero-order valence-electron chi connectivity index (χ0n) is 10.0. The lowest BCUT2D eigenvalue weighted by atomic mass is 10.4. The van der Waals surface area contributed by atoms with Gasteiger partial charge in [0.2, 0.25) is 5.95 Å². The number of aromatic nitrogens is 3. The summed E-state index contributed by atoms with van der Waals surface area (Å²) in [5, 5.41) is 8.86. The van der Waals surface area contributed by atoms with Gasteiger partial charge in [-0.1, -0.05) is 11.6 Å². The van der Waals surface area contributed by atoms with Gasteiger partial charge in [0, 0.05) is 11.0 Å². The van der Waals surface area contributed by atoms with Gasteiger partial charge < -0.3 is 4.74 Å². The number of anilines is 1. The van der Waals surface area contributed by atoms with Gasteiger partial charge in [-0.3, -0.25) is 10.1 Å². The maximum Gasteiger partial charge on any atom is 0.337 e. The Morgan fingerprint density at radius 3 is 3.16 bits per heavy atom. The molecule has 19 heavy (non-hydrogen) atoms. The summed E-state index contributed by atoms with van der Waals surface area (Å²) in [5.41, 5.74) is 0. The first-order valence-corrected chi connectivity index (χ1v) is 6.66. The van der Waals surface area contributed by atoms with Crippen molar-refractivity contribution in [1.82, 2.24) is 15.2 Å². The summed E-state index contributed by atoms with van der Waals surface area (Å²) < 4.78 is 5.74. The van der Waals surface area contributed by atoms with Crippen LogP contribution in [0.3, 0.4) is 0 Å². The molecule has 2 N–H and O–H groups in total. The Morgan fingerprint density at radius 2 is 2.47 bits per heavy atom. The summed E-state index contributed by atoms with van der Waals surface area (Å²) in [7, 11) is 0. The number of carbonyl (C=O) groups excluding carboxylic acids is 1. The number of thiophene rings is 1. The van der Waals surface area contributed by atoms with Gasteiger partial charge in [0.15, 0.2) is 0 Å². The van der Waals surface area contributed by atoms with Crippen LogP contribution in [0.4, 0.5) is 5.95 Å². The van der Waals surface area contributed by atoms with Crippen LogP contribution in [-0.4, -0.2) is 27.7 Å². The van der Waals surface area contributed by atoms with E-state index in [1.807, 2.05) is 13.0 Å². The predicted octanol–water partition coefficient (Wildman–Crippen LogP) is 2.57. The van der Waals surface area contributed by atoms with Crippen LogP contribution >= 0.6 is 22.9 Å². The molecule has 0 radical (unpaired) electrons. The average molecular weight is 299 g/mol. The average Bonchev–Trinajstić information content (AvgIpc) is 2.97. The van der Waals surface area contributed by atoms with E-state index in [1.54, 1.807) is 12.1 Å².